The van der Waals surface area contributed by atoms with Crippen molar-refractivity contribution >= 4 is 11.6 Å². The van der Waals surface area contributed by atoms with Crippen LogP contribution in [0.25, 0.3) is 0 Å². The van der Waals surface area contributed by atoms with Gasteiger partial charge in [-0.05, 0) is 37.1 Å². The third-order valence-electron chi connectivity index (χ3n) is 3.76. The summed E-state index contributed by atoms with van der Waals surface area (Å²) in [7, 11) is 0. The predicted molar refractivity (Wildman–Crippen MR) is 78.1 cm³/mol. The molecule has 0 radical (unpaired) electrons. The molecule has 1 heterocycles. The Labute approximate surface area is 119 Å². The maximum absolute atomic E-state index is 13.4. The third-order valence-corrected chi connectivity index (χ3v) is 3.76. The highest BCUT2D eigenvalue weighted by molar-refractivity contribution is 5.73. The van der Waals surface area contributed by atoms with E-state index in [0.717, 1.165) is 37.3 Å². The molecule has 0 aromatic heterocycles. The van der Waals surface area contributed by atoms with E-state index in [2.05, 4.69) is 4.90 Å². The molecule has 1 aliphatic heterocycles. The second-order valence-corrected chi connectivity index (χ2v) is 5.34. The number of nitrogens with two attached hydrogens (primary N) is 1. The number of carbonyl (C=O) groups is 1. The van der Waals surface area contributed by atoms with E-state index in [1.807, 2.05) is 11.8 Å². The van der Waals surface area contributed by atoms with Crippen molar-refractivity contribution in [3.8, 4) is 0 Å². The molecule has 20 heavy (non-hydrogen) atoms. The Morgan fingerprint density at radius 3 is 2.70 bits per heavy atom. The van der Waals surface area contributed by atoms with Gasteiger partial charge in [0.1, 0.15) is 5.82 Å². The van der Waals surface area contributed by atoms with Crippen molar-refractivity contribution in [2.75, 3.05) is 31.1 Å². The van der Waals surface area contributed by atoms with E-state index in [0.29, 0.717) is 6.54 Å². The Bertz CT molecular complexity index is 490. The first kappa shape index (κ1) is 14.8. The maximum Gasteiger partial charge on any atom is 0.219 e. The first-order valence-corrected chi connectivity index (χ1v) is 7.04. The van der Waals surface area contributed by atoms with Gasteiger partial charge in [-0.3, -0.25) is 4.79 Å². The highest BCUT2D eigenvalue weighted by Crippen LogP contribution is 2.27. The smallest absolute Gasteiger partial charge is 0.219 e. The number of hydrogen-bond acceptors (Lipinski definition) is 3. The fraction of sp³-hybridized carbons (Fsp3) is 0.533. The first-order valence-electron chi connectivity index (χ1n) is 7.04. The molecule has 1 aliphatic rings. The van der Waals surface area contributed by atoms with Crippen molar-refractivity contribution in [2.24, 2.45) is 5.73 Å². The molecule has 2 rings (SSSR count). The van der Waals surface area contributed by atoms with Crippen LogP contribution >= 0.6 is 0 Å². The molecule has 1 unspecified atom stereocenters. The molecule has 1 aromatic carbocycles. The minimum absolute atomic E-state index is 0.110. The molecule has 0 saturated carbocycles. The van der Waals surface area contributed by atoms with Crippen LogP contribution in [0, 0.1) is 5.82 Å². The van der Waals surface area contributed by atoms with E-state index in [9.17, 15) is 9.18 Å². The molecule has 1 atom stereocenters. The van der Waals surface area contributed by atoms with E-state index in [1.54, 1.807) is 13.0 Å². The summed E-state index contributed by atoms with van der Waals surface area (Å²) in [4.78, 5) is 15.5. The summed E-state index contributed by atoms with van der Waals surface area (Å²) in [6.45, 7) is 6.55. The zero-order valence-corrected chi connectivity index (χ0v) is 12.1. The van der Waals surface area contributed by atoms with Crippen molar-refractivity contribution in [1.82, 2.24) is 4.90 Å². The zero-order chi connectivity index (χ0) is 14.7. The third kappa shape index (κ3) is 3.28. The minimum atomic E-state index is -0.263. The number of nitrogens with zero attached hydrogens (tertiary/aromatic N) is 2. The van der Waals surface area contributed by atoms with Crippen LogP contribution in [0.3, 0.4) is 0 Å². The molecule has 2 N–H and O–H groups in total. The number of halogens is 1. The van der Waals surface area contributed by atoms with Crippen LogP contribution in [0.1, 0.15) is 31.9 Å². The number of hydrogen-bond donors (Lipinski definition) is 1. The quantitative estimate of drug-likeness (QED) is 0.899. The zero-order valence-electron chi connectivity index (χ0n) is 12.1. The Balaban J connectivity index is 2.21. The molecule has 1 fully saturated rings. The maximum atomic E-state index is 13.4. The average molecular weight is 279 g/mol. The van der Waals surface area contributed by atoms with Gasteiger partial charge in [-0.15, -0.1) is 0 Å². The van der Waals surface area contributed by atoms with Gasteiger partial charge in [0.05, 0.1) is 0 Å². The Kier molecular flexibility index (Phi) is 4.60. The van der Waals surface area contributed by atoms with Crippen molar-refractivity contribution in [3.63, 3.8) is 0 Å². The van der Waals surface area contributed by atoms with E-state index < -0.39 is 0 Å². The summed E-state index contributed by atoms with van der Waals surface area (Å²) in [6.07, 6.45) is 0.912. The van der Waals surface area contributed by atoms with Crippen LogP contribution in [0.5, 0.6) is 0 Å². The minimum Gasteiger partial charge on any atom is -0.369 e. The lowest BCUT2D eigenvalue weighted by atomic mass is 10.1. The Morgan fingerprint density at radius 1 is 1.30 bits per heavy atom. The number of benzene rings is 1. The fourth-order valence-electron chi connectivity index (χ4n) is 2.65. The SMILES string of the molecule is CC(=O)N1CCCN(c2ccc(F)cc2C(C)N)CC1. The van der Waals surface area contributed by atoms with Crippen molar-refractivity contribution in [1.29, 1.82) is 0 Å². The average Bonchev–Trinajstić information content (AvgIpc) is 2.64. The van der Waals surface area contributed by atoms with Crippen molar-refractivity contribution in [2.45, 2.75) is 26.3 Å². The molecular formula is C15H22FN3O. The highest BCUT2D eigenvalue weighted by atomic mass is 19.1. The van der Waals surface area contributed by atoms with Gasteiger partial charge in [0.25, 0.3) is 0 Å². The van der Waals surface area contributed by atoms with Crippen molar-refractivity contribution in [3.05, 3.63) is 29.6 Å². The molecule has 110 valence electrons. The van der Waals surface area contributed by atoms with Gasteiger partial charge < -0.3 is 15.5 Å². The van der Waals surface area contributed by atoms with Gasteiger partial charge in [0, 0.05) is 44.8 Å². The monoisotopic (exact) mass is 279 g/mol. The van der Waals surface area contributed by atoms with E-state index in [-0.39, 0.29) is 17.8 Å². The summed E-state index contributed by atoms with van der Waals surface area (Å²) < 4.78 is 13.4. The summed E-state index contributed by atoms with van der Waals surface area (Å²) in [5.41, 5.74) is 7.75. The number of carbonyl (C=O) groups excluding carboxylic acids is 1. The second-order valence-electron chi connectivity index (χ2n) is 5.34. The van der Waals surface area contributed by atoms with Crippen molar-refractivity contribution < 1.29 is 9.18 Å². The van der Waals surface area contributed by atoms with Crippen LogP contribution in [0.2, 0.25) is 0 Å². The summed E-state index contributed by atoms with van der Waals surface area (Å²) >= 11 is 0. The van der Waals surface area contributed by atoms with Crippen LogP contribution < -0.4 is 10.6 Å². The van der Waals surface area contributed by atoms with Crippen LogP contribution in [0.15, 0.2) is 18.2 Å². The topological polar surface area (TPSA) is 49.6 Å². The van der Waals surface area contributed by atoms with E-state index in [4.69, 9.17) is 5.73 Å². The molecule has 0 bridgehead atoms. The van der Waals surface area contributed by atoms with Gasteiger partial charge >= 0.3 is 0 Å². The molecule has 1 saturated heterocycles. The van der Waals surface area contributed by atoms with Crippen LogP contribution in [-0.4, -0.2) is 37.0 Å². The fourth-order valence-corrected chi connectivity index (χ4v) is 2.65. The largest absolute Gasteiger partial charge is 0.369 e. The summed E-state index contributed by atoms with van der Waals surface area (Å²) in [6, 6.07) is 4.55. The molecule has 4 nitrogen and oxygen atoms in total. The van der Waals surface area contributed by atoms with Gasteiger partial charge in [-0.1, -0.05) is 0 Å². The lowest BCUT2D eigenvalue weighted by Gasteiger charge is -2.27. The summed E-state index contributed by atoms with van der Waals surface area (Å²) in [5, 5.41) is 0. The molecule has 1 amide bonds. The standard InChI is InChI=1S/C15H22FN3O/c1-11(17)14-10-13(16)4-5-15(14)19-7-3-6-18(8-9-19)12(2)20/h4-5,10-11H,3,6-9,17H2,1-2H3. The molecule has 0 spiro atoms. The molecule has 1 aromatic rings. The summed E-state index contributed by atoms with van der Waals surface area (Å²) in [5.74, 6) is -0.153. The van der Waals surface area contributed by atoms with E-state index in [1.165, 1.54) is 12.1 Å². The second kappa shape index (κ2) is 6.22. The predicted octanol–water partition coefficient (Wildman–Crippen LogP) is 1.90. The first-order chi connectivity index (χ1) is 9.49. The molecule has 0 aliphatic carbocycles. The molecular weight excluding hydrogens is 257 g/mol. The Hall–Kier alpha value is -1.62. The van der Waals surface area contributed by atoms with Gasteiger partial charge in [0.2, 0.25) is 5.91 Å². The van der Waals surface area contributed by atoms with Gasteiger partial charge in [-0.25, -0.2) is 4.39 Å². The number of amides is 1. The molecule has 5 heteroatoms. The van der Waals surface area contributed by atoms with Crippen LogP contribution in [-0.2, 0) is 4.79 Å². The lowest BCUT2D eigenvalue weighted by molar-refractivity contribution is -0.128. The number of rotatable bonds is 2. The lowest BCUT2D eigenvalue weighted by Crippen LogP contribution is -2.34. The normalized spacial score (nSPS) is 17.8. The van der Waals surface area contributed by atoms with E-state index >= 15 is 0 Å². The van der Waals surface area contributed by atoms with Gasteiger partial charge in [-0.2, -0.15) is 0 Å². The van der Waals surface area contributed by atoms with Gasteiger partial charge in [0.15, 0.2) is 0 Å². The van der Waals surface area contributed by atoms with Crippen LogP contribution in [0.4, 0.5) is 10.1 Å². The highest BCUT2D eigenvalue weighted by Gasteiger charge is 2.19. The Morgan fingerprint density at radius 2 is 2.05 bits per heavy atom. The number of anilines is 1.